The van der Waals surface area contributed by atoms with Crippen LogP contribution in [0.1, 0.15) is 25.3 Å². The van der Waals surface area contributed by atoms with E-state index in [0.29, 0.717) is 0 Å². The van der Waals surface area contributed by atoms with Crippen molar-refractivity contribution in [3.05, 3.63) is 29.8 Å². The Labute approximate surface area is 164 Å². The Kier molecular flexibility index (Phi) is 6.83. The zero-order valence-electron chi connectivity index (χ0n) is 15.8. The number of urea groups is 1. The molecule has 1 aromatic carbocycles. The summed E-state index contributed by atoms with van der Waals surface area (Å²) in [5.74, 6) is -1.76. The van der Waals surface area contributed by atoms with Crippen LogP contribution in [0.25, 0.3) is 0 Å². The van der Waals surface area contributed by atoms with Gasteiger partial charge in [-0.1, -0.05) is 0 Å². The third kappa shape index (κ3) is 5.93. The maximum absolute atomic E-state index is 12.5. The number of carbonyl (C=O) groups excluding carboxylic acids is 4. The molecule has 2 rings (SSSR count). The van der Waals surface area contributed by atoms with Crippen LogP contribution in [0.5, 0.6) is 0 Å². The number of carbonyl (C=O) groups is 4. The number of likely N-dealkylation sites (N-methyl/N-ethyl adjacent to an activating group) is 1. The van der Waals surface area contributed by atoms with E-state index in [1.807, 2.05) is 0 Å². The number of hydrogen-bond donors (Lipinski definition) is 1. The van der Waals surface area contributed by atoms with E-state index < -0.39 is 35.8 Å². The summed E-state index contributed by atoms with van der Waals surface area (Å²) in [6, 6.07) is 3.40. The average molecular weight is 415 g/mol. The standard InChI is InChI=1S/C18H20F3N3O5/c1-11(16(27)22-13-7-5-12(6-8-13)18(19,20)21)29-15(26)4-3-9-24-14(25)10-23(2)17(24)28/h5-8,11H,3-4,9-10H2,1-2H3,(H,22,27)/t11-/m1/s1. The van der Waals surface area contributed by atoms with Gasteiger partial charge in [-0.05, 0) is 37.6 Å². The molecule has 1 saturated heterocycles. The highest BCUT2D eigenvalue weighted by Gasteiger charge is 2.33. The molecular formula is C18H20F3N3O5. The fraction of sp³-hybridized carbons (Fsp3) is 0.444. The fourth-order valence-electron chi connectivity index (χ4n) is 2.57. The van der Waals surface area contributed by atoms with Crippen molar-refractivity contribution in [2.45, 2.75) is 32.0 Å². The van der Waals surface area contributed by atoms with Crippen LogP contribution in [0.15, 0.2) is 24.3 Å². The number of halogens is 3. The molecule has 0 aromatic heterocycles. The fourth-order valence-corrected chi connectivity index (χ4v) is 2.57. The summed E-state index contributed by atoms with van der Waals surface area (Å²) >= 11 is 0. The minimum Gasteiger partial charge on any atom is -0.453 e. The van der Waals surface area contributed by atoms with Crippen LogP contribution in [0.2, 0.25) is 0 Å². The van der Waals surface area contributed by atoms with Crippen molar-refractivity contribution in [3.8, 4) is 0 Å². The van der Waals surface area contributed by atoms with Gasteiger partial charge in [-0.3, -0.25) is 19.3 Å². The van der Waals surface area contributed by atoms with Gasteiger partial charge < -0.3 is 15.0 Å². The van der Waals surface area contributed by atoms with Crippen LogP contribution >= 0.6 is 0 Å². The molecule has 4 amide bonds. The smallest absolute Gasteiger partial charge is 0.416 e. The molecule has 0 saturated carbocycles. The third-order valence-corrected chi connectivity index (χ3v) is 4.15. The van der Waals surface area contributed by atoms with Crippen LogP contribution in [0.3, 0.4) is 0 Å². The van der Waals surface area contributed by atoms with Crippen LogP contribution in [0, 0.1) is 0 Å². The highest BCUT2D eigenvalue weighted by molar-refractivity contribution is 6.01. The molecule has 1 N–H and O–H groups in total. The SMILES string of the molecule is C[C@@H](OC(=O)CCCN1C(=O)CN(C)C1=O)C(=O)Nc1ccc(C(F)(F)F)cc1. The second-order valence-electron chi connectivity index (χ2n) is 6.48. The average Bonchev–Trinajstić information content (AvgIpc) is 2.87. The molecule has 0 aliphatic carbocycles. The van der Waals surface area contributed by atoms with Gasteiger partial charge in [0.15, 0.2) is 6.10 Å². The third-order valence-electron chi connectivity index (χ3n) is 4.15. The minimum atomic E-state index is -4.48. The summed E-state index contributed by atoms with van der Waals surface area (Å²) in [6.07, 6.45) is -5.59. The summed E-state index contributed by atoms with van der Waals surface area (Å²) in [5.41, 5.74) is -0.725. The number of amides is 4. The van der Waals surface area contributed by atoms with Crippen molar-refractivity contribution in [2.75, 3.05) is 25.5 Å². The van der Waals surface area contributed by atoms with Crippen molar-refractivity contribution >= 4 is 29.5 Å². The van der Waals surface area contributed by atoms with Crippen molar-refractivity contribution < 1.29 is 37.1 Å². The molecule has 0 spiro atoms. The quantitative estimate of drug-likeness (QED) is 0.544. The normalized spacial score (nSPS) is 15.5. The number of hydrogen-bond acceptors (Lipinski definition) is 5. The number of imide groups is 1. The summed E-state index contributed by atoms with van der Waals surface area (Å²) in [6.45, 7) is 1.37. The molecule has 1 aliphatic heterocycles. The molecule has 1 atom stereocenters. The Bertz CT molecular complexity index is 795. The van der Waals surface area contributed by atoms with Crippen molar-refractivity contribution in [2.24, 2.45) is 0 Å². The molecule has 0 radical (unpaired) electrons. The number of anilines is 1. The van der Waals surface area contributed by atoms with Gasteiger partial charge in [-0.15, -0.1) is 0 Å². The van der Waals surface area contributed by atoms with Crippen molar-refractivity contribution in [3.63, 3.8) is 0 Å². The largest absolute Gasteiger partial charge is 0.453 e. The first kappa shape index (κ1) is 22.2. The molecule has 1 aromatic rings. The Balaban J connectivity index is 1.76. The molecule has 29 heavy (non-hydrogen) atoms. The van der Waals surface area contributed by atoms with Gasteiger partial charge in [0.05, 0.1) is 5.56 Å². The van der Waals surface area contributed by atoms with E-state index in [9.17, 15) is 32.3 Å². The van der Waals surface area contributed by atoms with Gasteiger partial charge in [0, 0.05) is 25.7 Å². The second kappa shape index (κ2) is 8.93. The summed E-state index contributed by atoms with van der Waals surface area (Å²) in [4.78, 5) is 49.5. The Morgan fingerprint density at radius 1 is 1.21 bits per heavy atom. The lowest BCUT2D eigenvalue weighted by Crippen LogP contribution is -2.33. The highest BCUT2D eigenvalue weighted by Crippen LogP contribution is 2.29. The van der Waals surface area contributed by atoms with Gasteiger partial charge in [-0.25, -0.2) is 4.79 Å². The number of nitrogens with zero attached hydrogens (tertiary/aromatic N) is 2. The first-order valence-electron chi connectivity index (χ1n) is 8.72. The van der Waals surface area contributed by atoms with E-state index >= 15 is 0 Å². The minimum absolute atomic E-state index is 0.00949. The van der Waals surface area contributed by atoms with E-state index in [2.05, 4.69) is 5.32 Å². The number of rotatable bonds is 7. The molecular weight excluding hydrogens is 395 g/mol. The topological polar surface area (TPSA) is 96.0 Å². The van der Waals surface area contributed by atoms with Gasteiger partial charge >= 0.3 is 18.2 Å². The molecule has 158 valence electrons. The Hall–Kier alpha value is -3.11. The van der Waals surface area contributed by atoms with E-state index in [4.69, 9.17) is 4.74 Å². The molecule has 1 aliphatic rings. The zero-order chi connectivity index (χ0) is 21.8. The summed E-state index contributed by atoms with van der Waals surface area (Å²) < 4.78 is 42.6. The lowest BCUT2D eigenvalue weighted by molar-refractivity contribution is -0.153. The highest BCUT2D eigenvalue weighted by atomic mass is 19.4. The van der Waals surface area contributed by atoms with Crippen LogP contribution < -0.4 is 5.32 Å². The van der Waals surface area contributed by atoms with E-state index in [-0.39, 0.29) is 37.5 Å². The predicted molar refractivity (Wildman–Crippen MR) is 94.6 cm³/mol. The van der Waals surface area contributed by atoms with E-state index in [1.165, 1.54) is 18.9 Å². The van der Waals surface area contributed by atoms with E-state index in [1.54, 1.807) is 0 Å². The summed E-state index contributed by atoms with van der Waals surface area (Å²) in [5, 5.41) is 2.36. The first-order chi connectivity index (χ1) is 13.5. The van der Waals surface area contributed by atoms with Crippen molar-refractivity contribution in [1.82, 2.24) is 9.80 Å². The number of benzene rings is 1. The van der Waals surface area contributed by atoms with Crippen LogP contribution in [0.4, 0.5) is 23.7 Å². The van der Waals surface area contributed by atoms with Crippen LogP contribution in [-0.4, -0.2) is 59.9 Å². The molecule has 0 bridgehead atoms. The van der Waals surface area contributed by atoms with Gasteiger partial charge in [0.2, 0.25) is 5.91 Å². The van der Waals surface area contributed by atoms with Crippen molar-refractivity contribution in [1.29, 1.82) is 0 Å². The zero-order valence-corrected chi connectivity index (χ0v) is 15.8. The first-order valence-corrected chi connectivity index (χ1v) is 8.72. The second-order valence-corrected chi connectivity index (χ2v) is 6.48. The Morgan fingerprint density at radius 2 is 1.83 bits per heavy atom. The number of nitrogens with one attached hydrogen (secondary N) is 1. The Morgan fingerprint density at radius 3 is 2.34 bits per heavy atom. The molecule has 0 unspecified atom stereocenters. The molecule has 1 fully saturated rings. The molecule has 1 heterocycles. The lowest BCUT2D eigenvalue weighted by Gasteiger charge is -2.15. The number of ether oxygens (including phenoxy) is 1. The van der Waals surface area contributed by atoms with Gasteiger partial charge in [0.1, 0.15) is 6.54 Å². The molecule has 11 heteroatoms. The maximum Gasteiger partial charge on any atom is 0.416 e. The number of alkyl halides is 3. The maximum atomic E-state index is 12.5. The summed E-state index contributed by atoms with van der Waals surface area (Å²) in [7, 11) is 1.49. The van der Waals surface area contributed by atoms with E-state index in [0.717, 1.165) is 29.2 Å². The van der Waals surface area contributed by atoms with Gasteiger partial charge in [0.25, 0.3) is 5.91 Å². The van der Waals surface area contributed by atoms with Gasteiger partial charge in [-0.2, -0.15) is 13.2 Å². The monoisotopic (exact) mass is 415 g/mol. The molecule has 8 nitrogen and oxygen atoms in total. The predicted octanol–water partition coefficient (Wildman–Crippen LogP) is 2.25. The number of esters is 1. The van der Waals surface area contributed by atoms with Crippen LogP contribution in [-0.2, 0) is 25.3 Å². The lowest BCUT2D eigenvalue weighted by atomic mass is 10.2.